The fourth-order valence-electron chi connectivity index (χ4n) is 0.981. The van der Waals surface area contributed by atoms with Gasteiger partial charge in [0.05, 0.1) is 16.7 Å². The number of halogens is 1. The lowest BCUT2D eigenvalue weighted by Crippen LogP contribution is -2.30. The van der Waals surface area contributed by atoms with Crippen LogP contribution in [0.1, 0.15) is 17.3 Å². The van der Waals surface area contributed by atoms with Gasteiger partial charge >= 0.3 is 0 Å². The summed E-state index contributed by atoms with van der Waals surface area (Å²) in [7, 11) is 0. The Hall–Kier alpha value is -1.06. The molecule has 0 bridgehead atoms. The van der Waals surface area contributed by atoms with E-state index in [1.807, 2.05) is 0 Å². The number of nitrogens with one attached hydrogen (secondary N) is 1. The Labute approximate surface area is 87.7 Å². The maximum absolute atomic E-state index is 11.5. The number of aliphatic hydroxyl groups excluding tert-OH is 1. The van der Waals surface area contributed by atoms with E-state index in [1.165, 1.54) is 0 Å². The first-order valence-corrected chi connectivity index (χ1v) is 4.70. The zero-order valence-corrected chi connectivity index (χ0v) is 8.58. The van der Waals surface area contributed by atoms with Crippen LogP contribution in [0.2, 0.25) is 5.02 Å². The Kier molecular flexibility index (Phi) is 3.92. The Morgan fingerprint density at radius 2 is 2.21 bits per heavy atom. The fourth-order valence-corrected chi connectivity index (χ4v) is 1.20. The van der Waals surface area contributed by atoms with Gasteiger partial charge in [0.15, 0.2) is 0 Å². The molecule has 0 unspecified atom stereocenters. The molecule has 0 aliphatic carbocycles. The van der Waals surface area contributed by atoms with Gasteiger partial charge in [-0.3, -0.25) is 4.79 Å². The topological polar surface area (TPSA) is 49.3 Å². The molecular weight excluding hydrogens is 202 g/mol. The molecule has 1 aromatic carbocycles. The van der Waals surface area contributed by atoms with Gasteiger partial charge in [-0.25, -0.2) is 0 Å². The van der Waals surface area contributed by atoms with E-state index >= 15 is 0 Å². The minimum atomic E-state index is -0.554. The van der Waals surface area contributed by atoms with Crippen LogP contribution in [-0.4, -0.2) is 23.7 Å². The summed E-state index contributed by atoms with van der Waals surface area (Å²) in [5.74, 6) is -0.267. The second kappa shape index (κ2) is 4.98. The second-order valence-electron chi connectivity index (χ2n) is 3.04. The normalized spacial score (nSPS) is 12.2. The highest BCUT2D eigenvalue weighted by Gasteiger charge is 2.09. The lowest BCUT2D eigenvalue weighted by Gasteiger charge is -2.07. The molecule has 3 nitrogen and oxygen atoms in total. The molecule has 76 valence electrons. The van der Waals surface area contributed by atoms with Gasteiger partial charge in [-0.15, -0.1) is 0 Å². The Balaban J connectivity index is 2.65. The van der Waals surface area contributed by atoms with E-state index in [9.17, 15) is 4.79 Å². The molecule has 2 N–H and O–H groups in total. The summed E-state index contributed by atoms with van der Waals surface area (Å²) in [6.45, 7) is 1.83. The van der Waals surface area contributed by atoms with Crippen LogP contribution in [0.3, 0.4) is 0 Å². The average Bonchev–Trinajstić information content (AvgIpc) is 2.15. The van der Waals surface area contributed by atoms with Crippen molar-refractivity contribution in [3.8, 4) is 0 Å². The highest BCUT2D eigenvalue weighted by molar-refractivity contribution is 6.33. The predicted octanol–water partition coefficient (Wildman–Crippen LogP) is 1.45. The molecule has 0 aliphatic rings. The molecule has 0 heterocycles. The van der Waals surface area contributed by atoms with Gasteiger partial charge in [-0.1, -0.05) is 23.7 Å². The highest BCUT2D eigenvalue weighted by atomic mass is 35.5. The monoisotopic (exact) mass is 213 g/mol. The van der Waals surface area contributed by atoms with Crippen molar-refractivity contribution < 1.29 is 9.90 Å². The first-order chi connectivity index (χ1) is 6.61. The van der Waals surface area contributed by atoms with Crippen LogP contribution >= 0.6 is 11.6 Å². The third kappa shape index (κ3) is 3.01. The van der Waals surface area contributed by atoms with Gasteiger partial charge in [0.1, 0.15) is 0 Å². The summed E-state index contributed by atoms with van der Waals surface area (Å²) in [6, 6.07) is 6.79. The average molecular weight is 214 g/mol. The van der Waals surface area contributed by atoms with Gasteiger partial charge in [0, 0.05) is 6.54 Å². The first kappa shape index (κ1) is 11.0. The molecule has 0 aromatic heterocycles. The largest absolute Gasteiger partial charge is 0.392 e. The summed E-state index contributed by atoms with van der Waals surface area (Å²) in [6.07, 6.45) is -0.554. The molecule has 0 radical (unpaired) electrons. The molecule has 1 rings (SSSR count). The first-order valence-electron chi connectivity index (χ1n) is 4.32. The van der Waals surface area contributed by atoms with Gasteiger partial charge in [-0.05, 0) is 19.1 Å². The Morgan fingerprint density at radius 1 is 1.57 bits per heavy atom. The van der Waals surface area contributed by atoms with Gasteiger partial charge < -0.3 is 10.4 Å². The minimum absolute atomic E-state index is 0.226. The van der Waals surface area contributed by atoms with Crippen molar-refractivity contribution in [1.29, 1.82) is 0 Å². The number of amides is 1. The van der Waals surface area contributed by atoms with E-state index in [4.69, 9.17) is 16.7 Å². The molecule has 0 fully saturated rings. The third-order valence-electron chi connectivity index (χ3n) is 1.68. The van der Waals surface area contributed by atoms with Gasteiger partial charge in [0.25, 0.3) is 5.91 Å². The highest BCUT2D eigenvalue weighted by Crippen LogP contribution is 2.14. The van der Waals surface area contributed by atoms with Crippen molar-refractivity contribution >= 4 is 17.5 Å². The predicted molar refractivity (Wildman–Crippen MR) is 55.5 cm³/mol. The summed E-state index contributed by atoms with van der Waals surface area (Å²) < 4.78 is 0. The number of rotatable bonds is 3. The zero-order chi connectivity index (χ0) is 10.6. The van der Waals surface area contributed by atoms with Crippen LogP contribution in [0.4, 0.5) is 0 Å². The summed E-state index contributed by atoms with van der Waals surface area (Å²) in [4.78, 5) is 11.5. The standard InChI is InChI=1S/C10H12ClNO2/c1-7(13)6-12-10(14)8-4-2-3-5-9(8)11/h2-5,7,13H,6H2,1H3,(H,12,14)/t7-/m0/s1. The molecule has 1 amide bonds. The molecule has 1 atom stereocenters. The lowest BCUT2D eigenvalue weighted by atomic mass is 10.2. The zero-order valence-electron chi connectivity index (χ0n) is 7.83. The smallest absolute Gasteiger partial charge is 0.252 e. The van der Waals surface area contributed by atoms with Crippen LogP contribution in [0, 0.1) is 0 Å². The Morgan fingerprint density at radius 3 is 2.79 bits per heavy atom. The molecule has 4 heteroatoms. The molecule has 14 heavy (non-hydrogen) atoms. The van der Waals surface area contributed by atoms with Crippen molar-refractivity contribution in [3.05, 3.63) is 34.9 Å². The maximum atomic E-state index is 11.5. The van der Waals surface area contributed by atoms with Crippen molar-refractivity contribution in [1.82, 2.24) is 5.32 Å². The third-order valence-corrected chi connectivity index (χ3v) is 2.01. The van der Waals surface area contributed by atoms with E-state index < -0.39 is 6.10 Å². The van der Waals surface area contributed by atoms with E-state index in [-0.39, 0.29) is 12.5 Å². The van der Waals surface area contributed by atoms with Gasteiger partial charge in [-0.2, -0.15) is 0 Å². The molecule has 1 aromatic rings. The second-order valence-corrected chi connectivity index (χ2v) is 3.45. The fraction of sp³-hybridized carbons (Fsp3) is 0.300. The van der Waals surface area contributed by atoms with E-state index in [0.29, 0.717) is 10.6 Å². The Bertz CT molecular complexity index is 326. The molecule has 0 saturated carbocycles. The lowest BCUT2D eigenvalue weighted by molar-refractivity contribution is 0.0924. The van der Waals surface area contributed by atoms with Crippen LogP contribution < -0.4 is 5.32 Å². The van der Waals surface area contributed by atoms with Crippen LogP contribution in [0.15, 0.2) is 24.3 Å². The summed E-state index contributed by atoms with van der Waals surface area (Å²) in [5.41, 5.74) is 0.426. The molecule has 0 spiro atoms. The van der Waals surface area contributed by atoms with E-state index in [1.54, 1.807) is 31.2 Å². The van der Waals surface area contributed by atoms with Crippen LogP contribution in [0.25, 0.3) is 0 Å². The van der Waals surface area contributed by atoms with Crippen LogP contribution in [-0.2, 0) is 0 Å². The number of carbonyl (C=O) groups excluding carboxylic acids is 1. The SMILES string of the molecule is C[C@H](O)CNC(=O)c1ccccc1Cl. The number of aliphatic hydroxyl groups is 1. The number of carbonyl (C=O) groups is 1. The van der Waals surface area contributed by atoms with Crippen molar-refractivity contribution in [2.75, 3.05) is 6.54 Å². The maximum Gasteiger partial charge on any atom is 0.252 e. The van der Waals surface area contributed by atoms with Crippen molar-refractivity contribution in [2.24, 2.45) is 0 Å². The number of hydrogen-bond acceptors (Lipinski definition) is 2. The molecule has 0 saturated heterocycles. The minimum Gasteiger partial charge on any atom is -0.392 e. The molecule has 0 aliphatic heterocycles. The van der Waals surface area contributed by atoms with E-state index in [2.05, 4.69) is 5.32 Å². The number of benzene rings is 1. The van der Waals surface area contributed by atoms with E-state index in [0.717, 1.165) is 0 Å². The van der Waals surface area contributed by atoms with Gasteiger partial charge in [0.2, 0.25) is 0 Å². The van der Waals surface area contributed by atoms with Crippen LogP contribution in [0.5, 0.6) is 0 Å². The molecular formula is C10H12ClNO2. The quantitative estimate of drug-likeness (QED) is 0.799. The summed E-state index contributed by atoms with van der Waals surface area (Å²) >= 11 is 5.81. The summed E-state index contributed by atoms with van der Waals surface area (Å²) in [5, 5.41) is 11.9. The van der Waals surface area contributed by atoms with Crippen molar-refractivity contribution in [2.45, 2.75) is 13.0 Å². The number of hydrogen-bond donors (Lipinski definition) is 2. The van der Waals surface area contributed by atoms with Crippen molar-refractivity contribution in [3.63, 3.8) is 0 Å².